The molecule has 1 aromatic heterocycles. The lowest BCUT2D eigenvalue weighted by Gasteiger charge is -2.35. The van der Waals surface area contributed by atoms with E-state index >= 15 is 0 Å². The molecule has 1 aliphatic carbocycles. The Labute approximate surface area is 413 Å². The molecular weight excluding hydrogens is 905 g/mol. The molecule has 1 aliphatic rings. The first-order chi connectivity index (χ1) is 34.0. The average Bonchev–Trinajstić information content (AvgIpc) is 4.00. The Bertz CT molecular complexity index is 2620. The number of rotatable bonds is 21. The largest absolute Gasteiger partial charge is 0.480 e. The van der Waals surface area contributed by atoms with Gasteiger partial charge in [-0.25, -0.2) is 24.4 Å². The summed E-state index contributed by atoms with van der Waals surface area (Å²) in [6.45, 7) is 5.10. The molecule has 0 saturated heterocycles. The molecule has 14 heteroatoms. The van der Waals surface area contributed by atoms with Crippen LogP contribution in [0.15, 0.2) is 167 Å². The number of hydrogen-bond acceptors (Lipinski definition) is 12. The van der Waals surface area contributed by atoms with Crippen molar-refractivity contribution in [2.75, 3.05) is 26.6 Å². The van der Waals surface area contributed by atoms with Crippen molar-refractivity contribution >= 4 is 41.6 Å². The highest BCUT2D eigenvalue weighted by Crippen LogP contribution is 2.49. The van der Waals surface area contributed by atoms with E-state index in [1.54, 1.807) is 38.6 Å². The van der Waals surface area contributed by atoms with Crippen LogP contribution in [0.2, 0.25) is 0 Å². The van der Waals surface area contributed by atoms with Crippen LogP contribution in [0.1, 0.15) is 78.9 Å². The Morgan fingerprint density at radius 3 is 1.86 bits per heavy atom. The van der Waals surface area contributed by atoms with Gasteiger partial charge in [0.2, 0.25) is 17.7 Å². The molecule has 2 amide bonds. The predicted molar refractivity (Wildman–Crippen MR) is 270 cm³/mol. The molecule has 0 fully saturated rings. The first kappa shape index (κ1) is 50.4. The molecule has 0 aliphatic heterocycles. The van der Waals surface area contributed by atoms with Crippen LogP contribution >= 0.6 is 11.8 Å². The minimum absolute atomic E-state index is 0.0504. The molecule has 1 heterocycles. The summed E-state index contributed by atoms with van der Waals surface area (Å²) in [5.74, 6) is -1.43. The number of aliphatic imine (C=N–C) groups is 1. The number of carbonyl (C=O) groups excluding carboxylic acids is 4. The van der Waals surface area contributed by atoms with E-state index in [1.165, 1.54) is 20.5 Å². The molecule has 0 saturated carbocycles. The Morgan fingerprint density at radius 1 is 0.757 bits per heavy atom. The summed E-state index contributed by atoms with van der Waals surface area (Å²) in [5, 5.41) is 5.53. The van der Waals surface area contributed by atoms with Crippen LogP contribution in [0, 0.1) is 5.92 Å². The van der Waals surface area contributed by atoms with E-state index in [0.29, 0.717) is 12.2 Å². The van der Waals surface area contributed by atoms with Gasteiger partial charge in [0.05, 0.1) is 31.9 Å². The summed E-state index contributed by atoms with van der Waals surface area (Å²) in [6.07, 6.45) is 3.47. The highest BCUT2D eigenvalue weighted by atomic mass is 32.2. The minimum atomic E-state index is -1.09. The van der Waals surface area contributed by atoms with E-state index in [4.69, 9.17) is 23.4 Å². The quantitative estimate of drug-likeness (QED) is 0.0134. The summed E-state index contributed by atoms with van der Waals surface area (Å²) in [7, 11) is 2.65. The number of thioether (sulfide) groups is 1. The lowest BCUT2D eigenvalue weighted by molar-refractivity contribution is -0.151. The molecule has 5 aromatic carbocycles. The van der Waals surface area contributed by atoms with Crippen LogP contribution in [0.25, 0.3) is 11.1 Å². The van der Waals surface area contributed by atoms with E-state index < -0.39 is 46.9 Å². The first-order valence-corrected chi connectivity index (χ1v) is 24.2. The fourth-order valence-electron chi connectivity index (χ4n) is 8.47. The number of ether oxygens (including phenoxy) is 4. The lowest BCUT2D eigenvalue weighted by Crippen LogP contribution is -2.47. The van der Waals surface area contributed by atoms with Gasteiger partial charge in [-0.1, -0.05) is 159 Å². The monoisotopic (exact) mass is 962 g/mol. The average molecular weight is 963 g/mol. The second-order valence-corrected chi connectivity index (χ2v) is 18.3. The number of esters is 2. The maximum Gasteiger partial charge on any atom is 0.407 e. The molecule has 6 aromatic rings. The van der Waals surface area contributed by atoms with E-state index in [2.05, 4.69) is 69.1 Å². The molecule has 13 nitrogen and oxygen atoms in total. The summed E-state index contributed by atoms with van der Waals surface area (Å²) in [5.41, 5.74) is 7.94. The van der Waals surface area contributed by atoms with Crippen LogP contribution in [0.4, 0.5) is 4.79 Å². The minimum Gasteiger partial charge on any atom is -0.480 e. The van der Waals surface area contributed by atoms with E-state index in [9.17, 15) is 19.2 Å². The van der Waals surface area contributed by atoms with E-state index in [-0.39, 0.29) is 48.9 Å². The van der Waals surface area contributed by atoms with Crippen LogP contribution in [-0.2, 0) is 44.6 Å². The molecule has 0 spiro atoms. The number of methoxy groups -OCH3 is 2. The molecule has 3 atom stereocenters. The summed E-state index contributed by atoms with van der Waals surface area (Å²) in [4.78, 5) is 61.7. The summed E-state index contributed by atoms with van der Waals surface area (Å²) in [6, 6.07) is 45.4. The summed E-state index contributed by atoms with van der Waals surface area (Å²) >= 11 is 1.79. The van der Waals surface area contributed by atoms with Gasteiger partial charge in [0.1, 0.15) is 31.1 Å². The second-order valence-electron chi connectivity index (χ2n) is 17.0. The number of fused-ring (bicyclic) bond motifs is 3. The fourth-order valence-corrected chi connectivity index (χ4v) is 9.94. The molecule has 2 N–H and O–H groups in total. The molecule has 2 unspecified atom stereocenters. The number of carbonyl (C=O) groups is 4. The summed E-state index contributed by atoms with van der Waals surface area (Å²) < 4.78 is 27.0. The Kier molecular flexibility index (Phi) is 17.4. The van der Waals surface area contributed by atoms with Gasteiger partial charge in [-0.15, -0.1) is 11.8 Å². The number of hydrogen-bond donors (Lipinski definition) is 2. The number of aromatic nitrogens is 1. The van der Waals surface area contributed by atoms with Gasteiger partial charge in [0.15, 0.2) is 5.69 Å². The molecule has 0 radical (unpaired) electrons. The highest BCUT2D eigenvalue weighted by Gasteiger charge is 2.37. The van der Waals surface area contributed by atoms with Gasteiger partial charge in [0, 0.05) is 5.92 Å². The van der Waals surface area contributed by atoms with Gasteiger partial charge in [-0.05, 0) is 70.0 Å². The molecule has 70 heavy (non-hydrogen) atoms. The number of allylic oxidation sites excluding steroid dienone is 1. The predicted octanol–water partition coefficient (Wildman–Crippen LogP) is 9.78. The molecule has 0 bridgehead atoms. The van der Waals surface area contributed by atoms with Crippen molar-refractivity contribution in [3.8, 4) is 11.1 Å². The van der Waals surface area contributed by atoms with Crippen molar-refractivity contribution in [3.63, 3.8) is 0 Å². The van der Waals surface area contributed by atoms with Crippen molar-refractivity contribution < 1.29 is 42.5 Å². The third kappa shape index (κ3) is 12.2. The number of amides is 2. The SMILES string of the molecule is COC(=O)C(C)/N=C(\OC)c1coc(CNC(=O)CC(/C=C/CCSC(c2ccccc2)(c2ccccc2)c2ccccc2)OC(=O)[C@@H](NC(=O)OCC2c3ccccc3-c3ccccc32)C(C)C)n1. The zero-order valence-electron chi connectivity index (χ0n) is 39.9. The van der Waals surface area contributed by atoms with Crippen molar-refractivity contribution in [1.82, 2.24) is 15.6 Å². The number of alkyl carbamates (subject to hydrolysis) is 1. The van der Waals surface area contributed by atoms with E-state index in [1.807, 2.05) is 97.1 Å². The molecule has 362 valence electrons. The maximum atomic E-state index is 14.1. The normalized spacial score (nSPS) is 13.7. The maximum absolute atomic E-state index is 14.1. The smallest absolute Gasteiger partial charge is 0.407 e. The van der Waals surface area contributed by atoms with Crippen LogP contribution in [-0.4, -0.2) is 79.6 Å². The number of benzene rings is 5. The number of nitrogens with zero attached hydrogens (tertiary/aromatic N) is 2. The Balaban J connectivity index is 1.06. The highest BCUT2D eigenvalue weighted by molar-refractivity contribution is 8.00. The van der Waals surface area contributed by atoms with E-state index in [0.717, 1.165) is 38.9 Å². The zero-order valence-corrected chi connectivity index (χ0v) is 40.7. The van der Waals surface area contributed by atoms with Crippen LogP contribution < -0.4 is 10.6 Å². The number of oxazole rings is 1. The van der Waals surface area contributed by atoms with Crippen molar-refractivity contribution in [2.24, 2.45) is 10.9 Å². The van der Waals surface area contributed by atoms with Gasteiger partial charge in [0.25, 0.3) is 0 Å². The van der Waals surface area contributed by atoms with Crippen LogP contribution in [0.3, 0.4) is 0 Å². The standard InChI is InChI=1S/C56H58N4O9S/c1-37(2)51(60-55(64)68-35-47-45-30-17-15-28-43(45)44-29-16-18-31-46(44)47)54(63)69-42(33-49(61)57-34-50-59-48(36-67-50)52(65-4)58-38(3)53(62)66-5)27-19-20-32-70-56(39-21-9-6-10-22-39,40-23-11-7-12-24-40)41-25-13-8-14-26-41/h6-19,21-31,36-38,42,47,51H,20,32-35H2,1-5H3,(H,57,61)(H,60,64)/b27-19+,58-52-/t38?,42?,51-/m0/s1. The topological polar surface area (TPSA) is 168 Å². The van der Waals surface area contributed by atoms with Gasteiger partial charge < -0.3 is 34.0 Å². The van der Waals surface area contributed by atoms with Crippen molar-refractivity contribution in [2.45, 2.75) is 69.0 Å². The third-order valence-corrected chi connectivity index (χ3v) is 13.5. The van der Waals surface area contributed by atoms with Crippen LogP contribution in [0.5, 0.6) is 0 Å². The van der Waals surface area contributed by atoms with Gasteiger partial charge in [-0.2, -0.15) is 0 Å². The Morgan fingerprint density at radius 2 is 1.31 bits per heavy atom. The lowest BCUT2D eigenvalue weighted by atomic mass is 9.84. The fraction of sp³-hybridized carbons (Fsp3) is 0.286. The van der Waals surface area contributed by atoms with Gasteiger partial charge in [-0.3, -0.25) is 4.79 Å². The zero-order chi connectivity index (χ0) is 49.5. The Hall–Kier alpha value is -7.45. The van der Waals surface area contributed by atoms with Crippen molar-refractivity contribution in [1.29, 1.82) is 0 Å². The number of nitrogens with one attached hydrogen (secondary N) is 2. The van der Waals surface area contributed by atoms with Crippen molar-refractivity contribution in [3.05, 3.63) is 197 Å². The third-order valence-electron chi connectivity index (χ3n) is 11.9. The van der Waals surface area contributed by atoms with Gasteiger partial charge >= 0.3 is 18.0 Å². The first-order valence-electron chi connectivity index (χ1n) is 23.2. The second kappa shape index (κ2) is 24.2. The molecule has 7 rings (SSSR count). The molecular formula is C56H58N4O9S.